The first-order valence-electron chi connectivity index (χ1n) is 5.71. The van der Waals surface area contributed by atoms with Crippen molar-refractivity contribution in [2.45, 2.75) is 25.7 Å². The van der Waals surface area contributed by atoms with E-state index in [-0.39, 0.29) is 0 Å². The van der Waals surface area contributed by atoms with Crippen molar-refractivity contribution in [1.29, 1.82) is 0 Å². The minimum absolute atomic E-state index is 1.22. The Balaban J connectivity index is 2.14. The van der Waals surface area contributed by atoms with Crippen molar-refractivity contribution in [1.82, 2.24) is 4.57 Å². The Morgan fingerprint density at radius 3 is 2.80 bits per heavy atom. The third kappa shape index (κ3) is 1.48. The average molecular weight is 197 g/mol. The number of rotatable bonds is 1. The zero-order valence-electron chi connectivity index (χ0n) is 8.82. The van der Waals surface area contributed by atoms with E-state index in [0.717, 1.165) is 0 Å². The summed E-state index contributed by atoms with van der Waals surface area (Å²) in [4.78, 5) is 0. The van der Waals surface area contributed by atoms with Gasteiger partial charge in [-0.3, -0.25) is 0 Å². The largest absolute Gasteiger partial charge is 0.321 e. The van der Waals surface area contributed by atoms with Crippen molar-refractivity contribution >= 4 is 16.6 Å². The molecule has 0 spiro atoms. The Kier molecular flexibility index (Phi) is 2.09. The second-order valence-electron chi connectivity index (χ2n) is 4.19. The molecular weight excluding hydrogens is 182 g/mol. The molecule has 0 unspecified atom stereocenters. The lowest BCUT2D eigenvalue weighted by Crippen LogP contribution is -1.99. The molecule has 0 atom stereocenters. The van der Waals surface area contributed by atoms with Gasteiger partial charge in [0, 0.05) is 11.9 Å². The number of benzene rings is 1. The maximum absolute atomic E-state index is 2.38. The van der Waals surface area contributed by atoms with E-state index in [1.165, 1.54) is 42.3 Å². The predicted octanol–water partition coefficient (Wildman–Crippen LogP) is 4.06. The van der Waals surface area contributed by atoms with Gasteiger partial charge in [-0.15, -0.1) is 0 Å². The van der Waals surface area contributed by atoms with Crippen LogP contribution >= 0.6 is 0 Å². The number of hydrogen-bond acceptors (Lipinski definition) is 0. The molecule has 0 saturated heterocycles. The lowest BCUT2D eigenvalue weighted by Gasteiger charge is -2.14. The van der Waals surface area contributed by atoms with Gasteiger partial charge in [0.2, 0.25) is 0 Å². The molecule has 1 aromatic carbocycles. The van der Waals surface area contributed by atoms with Gasteiger partial charge in [0.15, 0.2) is 0 Å². The lowest BCUT2D eigenvalue weighted by molar-refractivity contribution is 0.721. The molecule has 1 aromatic heterocycles. The summed E-state index contributed by atoms with van der Waals surface area (Å²) in [6.07, 6.45) is 9.72. The maximum atomic E-state index is 2.38. The molecule has 1 aliphatic rings. The molecule has 3 rings (SSSR count). The quantitative estimate of drug-likeness (QED) is 0.649. The van der Waals surface area contributed by atoms with E-state index < -0.39 is 0 Å². The molecule has 0 fully saturated rings. The first kappa shape index (κ1) is 8.78. The normalized spacial score (nSPS) is 16.7. The van der Waals surface area contributed by atoms with Crippen LogP contribution in [0.25, 0.3) is 16.6 Å². The fourth-order valence-electron chi connectivity index (χ4n) is 2.37. The van der Waals surface area contributed by atoms with Gasteiger partial charge in [-0.25, -0.2) is 0 Å². The van der Waals surface area contributed by atoms with Crippen LogP contribution in [0.15, 0.2) is 42.6 Å². The van der Waals surface area contributed by atoms with Crippen LogP contribution in [0.3, 0.4) is 0 Å². The van der Waals surface area contributed by atoms with E-state index in [2.05, 4.69) is 47.2 Å². The molecule has 76 valence electrons. The van der Waals surface area contributed by atoms with E-state index in [4.69, 9.17) is 0 Å². The second kappa shape index (κ2) is 3.58. The van der Waals surface area contributed by atoms with Crippen molar-refractivity contribution in [2.24, 2.45) is 0 Å². The lowest BCUT2D eigenvalue weighted by atomic mass is 10.0. The molecule has 0 N–H and O–H groups in total. The molecule has 0 radical (unpaired) electrons. The van der Waals surface area contributed by atoms with Gasteiger partial charge in [-0.2, -0.15) is 0 Å². The molecule has 2 aromatic rings. The summed E-state index contributed by atoms with van der Waals surface area (Å²) in [5, 5.41) is 1.34. The van der Waals surface area contributed by atoms with Crippen LogP contribution in [-0.2, 0) is 0 Å². The fourth-order valence-corrected chi connectivity index (χ4v) is 2.37. The topological polar surface area (TPSA) is 4.93 Å². The van der Waals surface area contributed by atoms with Crippen molar-refractivity contribution in [3.63, 3.8) is 0 Å². The first-order chi connectivity index (χ1) is 7.45. The molecule has 1 aliphatic carbocycles. The average Bonchev–Trinajstić information content (AvgIpc) is 2.74. The van der Waals surface area contributed by atoms with Gasteiger partial charge in [-0.05, 0) is 43.2 Å². The van der Waals surface area contributed by atoms with Crippen molar-refractivity contribution in [2.75, 3.05) is 0 Å². The third-order valence-electron chi connectivity index (χ3n) is 3.18. The zero-order chi connectivity index (χ0) is 10.1. The van der Waals surface area contributed by atoms with Crippen molar-refractivity contribution < 1.29 is 0 Å². The summed E-state index contributed by atoms with van der Waals surface area (Å²) in [6, 6.07) is 10.8. The van der Waals surface area contributed by atoms with Crippen molar-refractivity contribution in [3.8, 4) is 0 Å². The molecular formula is C14H15N. The van der Waals surface area contributed by atoms with Crippen molar-refractivity contribution in [3.05, 3.63) is 42.6 Å². The number of fused-ring (bicyclic) bond motifs is 1. The van der Waals surface area contributed by atoms with Gasteiger partial charge in [0.25, 0.3) is 0 Å². The van der Waals surface area contributed by atoms with Gasteiger partial charge in [-0.1, -0.05) is 24.3 Å². The van der Waals surface area contributed by atoms with Crippen LogP contribution in [0.4, 0.5) is 0 Å². The number of nitrogens with zero attached hydrogens (tertiary/aromatic N) is 1. The Labute approximate surface area is 90.0 Å². The highest BCUT2D eigenvalue weighted by Crippen LogP contribution is 2.26. The van der Waals surface area contributed by atoms with Gasteiger partial charge in [0.05, 0.1) is 5.52 Å². The Morgan fingerprint density at radius 2 is 1.93 bits per heavy atom. The maximum Gasteiger partial charge on any atom is 0.0525 e. The van der Waals surface area contributed by atoms with Crippen LogP contribution in [0.1, 0.15) is 25.7 Å². The SMILES string of the molecule is C1=C(n2ccc3ccccc32)CCCC1. The summed E-state index contributed by atoms with van der Waals surface area (Å²) < 4.78 is 2.34. The molecule has 15 heavy (non-hydrogen) atoms. The Bertz CT molecular complexity index is 505. The highest BCUT2D eigenvalue weighted by Gasteiger charge is 2.07. The fraction of sp³-hybridized carbons (Fsp3) is 0.286. The van der Waals surface area contributed by atoms with Crippen LogP contribution in [0, 0.1) is 0 Å². The Morgan fingerprint density at radius 1 is 1.00 bits per heavy atom. The van der Waals surface area contributed by atoms with E-state index in [0.29, 0.717) is 0 Å². The number of hydrogen-bond donors (Lipinski definition) is 0. The zero-order valence-corrected chi connectivity index (χ0v) is 8.82. The molecule has 1 nitrogen and oxygen atoms in total. The van der Waals surface area contributed by atoms with E-state index >= 15 is 0 Å². The summed E-state index contributed by atoms with van der Waals surface area (Å²) in [5.74, 6) is 0. The van der Waals surface area contributed by atoms with Crippen LogP contribution < -0.4 is 0 Å². The molecule has 1 heteroatoms. The predicted molar refractivity (Wildman–Crippen MR) is 64.7 cm³/mol. The smallest absolute Gasteiger partial charge is 0.0525 e. The monoisotopic (exact) mass is 197 g/mol. The molecule has 0 aliphatic heterocycles. The molecule has 0 amide bonds. The summed E-state index contributed by atoms with van der Waals surface area (Å²) in [7, 11) is 0. The summed E-state index contributed by atoms with van der Waals surface area (Å²) in [6.45, 7) is 0. The van der Waals surface area contributed by atoms with Gasteiger partial charge < -0.3 is 4.57 Å². The number of aromatic nitrogens is 1. The summed E-state index contributed by atoms with van der Waals surface area (Å²) >= 11 is 0. The van der Waals surface area contributed by atoms with Crippen LogP contribution in [-0.4, -0.2) is 4.57 Å². The van der Waals surface area contributed by atoms with E-state index in [1.54, 1.807) is 0 Å². The minimum Gasteiger partial charge on any atom is -0.321 e. The number of para-hydroxylation sites is 1. The Hall–Kier alpha value is -1.50. The highest BCUT2D eigenvalue weighted by molar-refractivity contribution is 5.83. The summed E-state index contributed by atoms with van der Waals surface area (Å²) in [5.41, 5.74) is 2.81. The minimum atomic E-state index is 1.22. The van der Waals surface area contributed by atoms with Crippen LogP contribution in [0.5, 0.6) is 0 Å². The van der Waals surface area contributed by atoms with Gasteiger partial charge in [0.1, 0.15) is 0 Å². The third-order valence-corrected chi connectivity index (χ3v) is 3.18. The molecule has 0 saturated carbocycles. The molecule has 1 heterocycles. The van der Waals surface area contributed by atoms with Crippen LogP contribution in [0.2, 0.25) is 0 Å². The second-order valence-corrected chi connectivity index (χ2v) is 4.19. The van der Waals surface area contributed by atoms with Gasteiger partial charge >= 0.3 is 0 Å². The standard InChI is InChI=1S/C14H15N/c1-2-7-13(8-3-1)15-11-10-12-6-4-5-9-14(12)15/h4-7,9-11H,1-3,8H2. The highest BCUT2D eigenvalue weighted by atomic mass is 15.0. The van der Waals surface area contributed by atoms with E-state index in [1.807, 2.05) is 0 Å². The number of allylic oxidation sites excluding steroid dienone is 2. The first-order valence-corrected chi connectivity index (χ1v) is 5.71. The molecule has 0 bridgehead atoms. The van der Waals surface area contributed by atoms with E-state index in [9.17, 15) is 0 Å².